The third-order valence-corrected chi connectivity index (χ3v) is 4.92. The number of fused-ring (bicyclic) bond motifs is 1. The standard InChI is InChI=1S/C23H20ClF3O5/c1-2-30-21(29)8-3-4-11-31-19-12-14(23(25,26)27)9-10-16(19)20-13-18(28)15-6-5-7-17(24)22(15)32-20/h5-7,9-10,12-13H,2-4,8,11H2,1H3. The maximum Gasteiger partial charge on any atom is 0.416 e. The van der Waals surface area contributed by atoms with E-state index in [1.54, 1.807) is 25.1 Å². The summed E-state index contributed by atoms with van der Waals surface area (Å²) in [6, 6.07) is 8.82. The highest BCUT2D eigenvalue weighted by Crippen LogP contribution is 2.38. The van der Waals surface area contributed by atoms with Gasteiger partial charge in [0.1, 0.15) is 11.5 Å². The van der Waals surface area contributed by atoms with Crippen LogP contribution in [-0.2, 0) is 15.7 Å². The van der Waals surface area contributed by atoms with Crippen LogP contribution in [0.2, 0.25) is 5.02 Å². The van der Waals surface area contributed by atoms with Gasteiger partial charge in [-0.1, -0.05) is 17.7 Å². The van der Waals surface area contributed by atoms with E-state index in [0.29, 0.717) is 12.8 Å². The van der Waals surface area contributed by atoms with E-state index in [1.165, 1.54) is 12.1 Å². The summed E-state index contributed by atoms with van der Waals surface area (Å²) in [7, 11) is 0. The number of para-hydroxylation sites is 1. The van der Waals surface area contributed by atoms with E-state index in [1.807, 2.05) is 0 Å². The molecule has 0 radical (unpaired) electrons. The number of unbranched alkanes of at least 4 members (excludes halogenated alkanes) is 1. The van der Waals surface area contributed by atoms with Crippen LogP contribution in [0.25, 0.3) is 22.3 Å². The molecule has 0 aliphatic carbocycles. The van der Waals surface area contributed by atoms with Gasteiger partial charge >= 0.3 is 12.1 Å². The number of rotatable bonds is 8. The first-order chi connectivity index (χ1) is 15.2. The van der Waals surface area contributed by atoms with Gasteiger partial charge in [0, 0.05) is 12.5 Å². The number of hydrogen-bond donors (Lipinski definition) is 0. The molecule has 5 nitrogen and oxygen atoms in total. The van der Waals surface area contributed by atoms with Gasteiger partial charge in [-0.25, -0.2) is 0 Å². The number of benzene rings is 2. The lowest BCUT2D eigenvalue weighted by atomic mass is 10.1. The molecule has 0 saturated carbocycles. The molecule has 1 heterocycles. The van der Waals surface area contributed by atoms with E-state index in [9.17, 15) is 22.8 Å². The molecular weight excluding hydrogens is 449 g/mol. The van der Waals surface area contributed by atoms with Crippen molar-refractivity contribution in [3.8, 4) is 17.1 Å². The molecule has 3 rings (SSSR count). The van der Waals surface area contributed by atoms with Crippen molar-refractivity contribution in [1.82, 2.24) is 0 Å². The predicted octanol–water partition coefficient (Wildman–Crippen LogP) is 6.24. The summed E-state index contributed by atoms with van der Waals surface area (Å²) in [6.07, 6.45) is -3.52. The minimum absolute atomic E-state index is 0.0332. The molecule has 2 aromatic carbocycles. The minimum Gasteiger partial charge on any atom is -0.493 e. The first-order valence-electron chi connectivity index (χ1n) is 9.93. The SMILES string of the molecule is CCOC(=O)CCCCOc1cc(C(F)(F)F)ccc1-c1cc(=O)c2cccc(Cl)c2o1. The summed E-state index contributed by atoms with van der Waals surface area (Å²) in [5.41, 5.74) is -0.966. The lowest BCUT2D eigenvalue weighted by Gasteiger charge is -2.15. The predicted molar refractivity (Wildman–Crippen MR) is 114 cm³/mol. The molecule has 0 spiro atoms. The van der Waals surface area contributed by atoms with Crippen molar-refractivity contribution in [2.24, 2.45) is 0 Å². The van der Waals surface area contributed by atoms with Crippen LogP contribution in [0.4, 0.5) is 13.2 Å². The van der Waals surface area contributed by atoms with E-state index in [2.05, 4.69) is 0 Å². The molecule has 0 fully saturated rings. The maximum absolute atomic E-state index is 13.2. The van der Waals surface area contributed by atoms with Gasteiger partial charge in [-0.15, -0.1) is 0 Å². The van der Waals surface area contributed by atoms with E-state index in [4.69, 9.17) is 25.5 Å². The van der Waals surface area contributed by atoms with Crippen molar-refractivity contribution in [2.75, 3.05) is 13.2 Å². The fraction of sp³-hybridized carbons (Fsp3) is 0.304. The molecular formula is C23H20ClF3O5. The van der Waals surface area contributed by atoms with Crippen LogP contribution in [0.15, 0.2) is 51.7 Å². The molecule has 32 heavy (non-hydrogen) atoms. The number of halogens is 4. The molecule has 0 N–H and O–H groups in total. The highest BCUT2D eigenvalue weighted by atomic mass is 35.5. The molecule has 0 unspecified atom stereocenters. The molecule has 1 aromatic heterocycles. The van der Waals surface area contributed by atoms with E-state index >= 15 is 0 Å². The number of esters is 1. The van der Waals surface area contributed by atoms with E-state index < -0.39 is 11.7 Å². The van der Waals surface area contributed by atoms with Crippen LogP contribution in [0.1, 0.15) is 31.7 Å². The van der Waals surface area contributed by atoms with Crippen LogP contribution in [0, 0.1) is 0 Å². The Balaban J connectivity index is 1.90. The summed E-state index contributed by atoms with van der Waals surface area (Å²) in [6.45, 7) is 2.05. The monoisotopic (exact) mass is 468 g/mol. The third kappa shape index (κ3) is 5.62. The Hall–Kier alpha value is -3.00. The Morgan fingerprint density at radius 1 is 1.12 bits per heavy atom. The average molecular weight is 469 g/mol. The highest BCUT2D eigenvalue weighted by molar-refractivity contribution is 6.34. The third-order valence-electron chi connectivity index (χ3n) is 4.62. The zero-order valence-corrected chi connectivity index (χ0v) is 17.9. The van der Waals surface area contributed by atoms with Crippen molar-refractivity contribution < 1.29 is 31.9 Å². The summed E-state index contributed by atoms with van der Waals surface area (Å²) >= 11 is 6.13. The van der Waals surface area contributed by atoms with Crippen LogP contribution < -0.4 is 10.2 Å². The van der Waals surface area contributed by atoms with Crippen molar-refractivity contribution in [1.29, 1.82) is 0 Å². The van der Waals surface area contributed by atoms with Gasteiger partial charge in [-0.2, -0.15) is 13.2 Å². The number of ether oxygens (including phenoxy) is 2. The van der Waals surface area contributed by atoms with Gasteiger partial charge in [0.2, 0.25) is 0 Å². The fourth-order valence-corrected chi connectivity index (χ4v) is 3.30. The Morgan fingerprint density at radius 3 is 2.62 bits per heavy atom. The number of carbonyl (C=O) groups is 1. The van der Waals surface area contributed by atoms with Crippen molar-refractivity contribution >= 4 is 28.5 Å². The van der Waals surface area contributed by atoms with Crippen LogP contribution >= 0.6 is 11.6 Å². The summed E-state index contributed by atoms with van der Waals surface area (Å²) < 4.78 is 55.9. The van der Waals surface area contributed by atoms with Crippen molar-refractivity contribution in [3.05, 3.63) is 63.3 Å². The normalized spacial score (nSPS) is 11.5. The van der Waals surface area contributed by atoms with Crippen molar-refractivity contribution in [3.63, 3.8) is 0 Å². The zero-order valence-electron chi connectivity index (χ0n) is 17.1. The Morgan fingerprint density at radius 2 is 1.91 bits per heavy atom. The van der Waals surface area contributed by atoms with Gasteiger partial charge in [0.05, 0.1) is 34.7 Å². The first kappa shape index (κ1) is 23.7. The fourth-order valence-electron chi connectivity index (χ4n) is 3.08. The second-order valence-corrected chi connectivity index (χ2v) is 7.32. The quantitative estimate of drug-likeness (QED) is 0.289. The van der Waals surface area contributed by atoms with Gasteiger partial charge in [0.15, 0.2) is 11.0 Å². The van der Waals surface area contributed by atoms with Gasteiger partial charge in [-0.3, -0.25) is 9.59 Å². The first-order valence-corrected chi connectivity index (χ1v) is 10.3. The Labute approximate surface area is 186 Å². The molecule has 0 aliphatic heterocycles. The minimum atomic E-state index is -4.58. The molecule has 0 saturated heterocycles. The van der Waals surface area contributed by atoms with Crippen LogP contribution in [-0.4, -0.2) is 19.2 Å². The molecule has 0 amide bonds. The number of carbonyl (C=O) groups excluding carboxylic acids is 1. The molecule has 170 valence electrons. The van der Waals surface area contributed by atoms with Crippen molar-refractivity contribution in [2.45, 2.75) is 32.4 Å². The number of alkyl halides is 3. The van der Waals surface area contributed by atoms with Crippen LogP contribution in [0.5, 0.6) is 5.75 Å². The van der Waals surface area contributed by atoms with Gasteiger partial charge in [0.25, 0.3) is 0 Å². The van der Waals surface area contributed by atoms with Gasteiger partial charge in [-0.05, 0) is 50.1 Å². The topological polar surface area (TPSA) is 65.7 Å². The van der Waals surface area contributed by atoms with E-state index in [0.717, 1.165) is 12.1 Å². The molecule has 0 bridgehead atoms. The largest absolute Gasteiger partial charge is 0.493 e. The maximum atomic E-state index is 13.2. The average Bonchev–Trinajstić information content (AvgIpc) is 2.73. The molecule has 9 heteroatoms. The smallest absolute Gasteiger partial charge is 0.416 e. The van der Waals surface area contributed by atoms with Crippen LogP contribution in [0.3, 0.4) is 0 Å². The number of hydrogen-bond acceptors (Lipinski definition) is 5. The summed E-state index contributed by atoms with van der Waals surface area (Å²) in [4.78, 5) is 23.9. The molecule has 0 aliphatic rings. The van der Waals surface area contributed by atoms with Gasteiger partial charge < -0.3 is 13.9 Å². The molecule has 0 atom stereocenters. The lowest BCUT2D eigenvalue weighted by Crippen LogP contribution is -2.08. The second-order valence-electron chi connectivity index (χ2n) is 6.91. The second kappa shape index (κ2) is 10.1. The lowest BCUT2D eigenvalue weighted by molar-refractivity contribution is -0.143. The zero-order chi connectivity index (χ0) is 23.3. The van der Waals surface area contributed by atoms with E-state index in [-0.39, 0.29) is 64.1 Å². The Bertz CT molecular complexity index is 1170. The summed E-state index contributed by atoms with van der Waals surface area (Å²) in [5.74, 6) is -0.404. The summed E-state index contributed by atoms with van der Waals surface area (Å²) in [5, 5.41) is 0.462. The Kier molecular flexibility index (Phi) is 7.45. The highest BCUT2D eigenvalue weighted by Gasteiger charge is 2.31. The molecule has 3 aromatic rings.